The van der Waals surface area contributed by atoms with Crippen molar-refractivity contribution in [3.8, 4) is 0 Å². The number of nitrogens with one attached hydrogen (secondary N) is 2. The first-order chi connectivity index (χ1) is 7.57. The van der Waals surface area contributed by atoms with Crippen LogP contribution in [0.25, 0.3) is 0 Å². The molecule has 0 atom stereocenters. The van der Waals surface area contributed by atoms with Gasteiger partial charge in [-0.1, -0.05) is 6.92 Å². The second-order valence-electron chi connectivity index (χ2n) is 3.85. The molecular weight excluding hydrogens is 242 g/mol. The maximum Gasteiger partial charge on any atom is 0.222 e. The average molecular weight is 266 g/mol. The summed E-state index contributed by atoms with van der Waals surface area (Å²) < 4.78 is 0. The Morgan fingerprint density at radius 2 is 1.76 bits per heavy atom. The standard InChI is InChI=1S/C11H23N3O2.ClH/c1-4-12-8-9-13-10(15)6-5-7-11(16)14(2)3;/h12H,4-9H2,1-3H3,(H,13,15);1H. The molecule has 0 aliphatic heterocycles. The molecule has 0 saturated heterocycles. The van der Waals surface area contributed by atoms with Gasteiger partial charge < -0.3 is 15.5 Å². The molecular formula is C11H24ClN3O2. The average Bonchev–Trinajstić information content (AvgIpc) is 2.24. The van der Waals surface area contributed by atoms with E-state index in [0.717, 1.165) is 13.1 Å². The predicted octanol–water partition coefficient (Wildman–Crippen LogP) is 0.392. The molecule has 17 heavy (non-hydrogen) atoms. The lowest BCUT2D eigenvalue weighted by molar-refractivity contribution is -0.128. The molecule has 0 saturated carbocycles. The van der Waals surface area contributed by atoms with Crippen molar-refractivity contribution in [1.29, 1.82) is 0 Å². The Bertz CT molecular complexity index is 223. The van der Waals surface area contributed by atoms with Crippen LogP contribution in [0.4, 0.5) is 0 Å². The number of amides is 2. The van der Waals surface area contributed by atoms with Gasteiger partial charge >= 0.3 is 0 Å². The van der Waals surface area contributed by atoms with Crippen molar-refractivity contribution < 1.29 is 9.59 Å². The van der Waals surface area contributed by atoms with Crippen LogP contribution >= 0.6 is 12.4 Å². The van der Waals surface area contributed by atoms with Gasteiger partial charge in [0.2, 0.25) is 11.8 Å². The Kier molecular flexibility index (Phi) is 12.7. The lowest BCUT2D eigenvalue weighted by Gasteiger charge is -2.09. The van der Waals surface area contributed by atoms with Crippen LogP contribution in [-0.2, 0) is 9.59 Å². The minimum Gasteiger partial charge on any atom is -0.355 e. The first-order valence-corrected chi connectivity index (χ1v) is 5.75. The molecule has 0 aliphatic rings. The summed E-state index contributed by atoms with van der Waals surface area (Å²) in [5, 5.41) is 5.91. The Balaban J connectivity index is 0. The van der Waals surface area contributed by atoms with Crippen LogP contribution < -0.4 is 10.6 Å². The van der Waals surface area contributed by atoms with E-state index in [2.05, 4.69) is 10.6 Å². The Labute approximate surface area is 110 Å². The van der Waals surface area contributed by atoms with Crippen LogP contribution in [0.15, 0.2) is 0 Å². The van der Waals surface area contributed by atoms with Gasteiger partial charge in [-0.25, -0.2) is 0 Å². The van der Waals surface area contributed by atoms with Gasteiger partial charge in [0.1, 0.15) is 0 Å². The molecule has 5 nitrogen and oxygen atoms in total. The molecule has 0 aromatic carbocycles. The van der Waals surface area contributed by atoms with Crippen LogP contribution in [0.5, 0.6) is 0 Å². The van der Waals surface area contributed by atoms with Crippen molar-refractivity contribution in [2.75, 3.05) is 33.7 Å². The third-order valence-corrected chi connectivity index (χ3v) is 2.17. The maximum atomic E-state index is 11.3. The van der Waals surface area contributed by atoms with E-state index in [9.17, 15) is 9.59 Å². The van der Waals surface area contributed by atoms with Gasteiger partial charge in [0.15, 0.2) is 0 Å². The van der Waals surface area contributed by atoms with Gasteiger partial charge in [-0.15, -0.1) is 12.4 Å². The normalized spacial score (nSPS) is 9.35. The molecule has 0 spiro atoms. The highest BCUT2D eigenvalue weighted by atomic mass is 35.5. The second-order valence-corrected chi connectivity index (χ2v) is 3.85. The van der Waals surface area contributed by atoms with E-state index in [4.69, 9.17) is 0 Å². The molecule has 2 amide bonds. The molecule has 0 unspecified atom stereocenters. The van der Waals surface area contributed by atoms with E-state index in [-0.39, 0.29) is 24.2 Å². The molecule has 0 aromatic rings. The minimum absolute atomic E-state index is 0. The van der Waals surface area contributed by atoms with Crippen molar-refractivity contribution in [2.45, 2.75) is 26.2 Å². The molecule has 2 N–H and O–H groups in total. The number of carbonyl (C=O) groups is 2. The topological polar surface area (TPSA) is 61.4 Å². The van der Waals surface area contributed by atoms with Crippen molar-refractivity contribution in [1.82, 2.24) is 15.5 Å². The third kappa shape index (κ3) is 11.5. The molecule has 0 aliphatic carbocycles. The van der Waals surface area contributed by atoms with Gasteiger partial charge in [0, 0.05) is 40.0 Å². The van der Waals surface area contributed by atoms with E-state index in [1.807, 2.05) is 6.92 Å². The molecule has 0 radical (unpaired) electrons. The van der Waals surface area contributed by atoms with Crippen molar-refractivity contribution in [2.24, 2.45) is 0 Å². The van der Waals surface area contributed by atoms with Crippen molar-refractivity contribution >= 4 is 24.2 Å². The van der Waals surface area contributed by atoms with Crippen LogP contribution in [0.3, 0.4) is 0 Å². The van der Waals surface area contributed by atoms with E-state index >= 15 is 0 Å². The number of nitrogens with zero attached hydrogens (tertiary/aromatic N) is 1. The fourth-order valence-corrected chi connectivity index (χ4v) is 1.18. The van der Waals surface area contributed by atoms with Gasteiger partial charge in [-0.2, -0.15) is 0 Å². The number of halogens is 1. The summed E-state index contributed by atoms with van der Waals surface area (Å²) in [4.78, 5) is 24.0. The Morgan fingerprint density at radius 1 is 1.12 bits per heavy atom. The zero-order chi connectivity index (χ0) is 12.4. The molecule has 0 fully saturated rings. The highest BCUT2D eigenvalue weighted by molar-refractivity contribution is 5.85. The SMILES string of the molecule is CCNCCNC(=O)CCCC(=O)N(C)C.Cl. The fourth-order valence-electron chi connectivity index (χ4n) is 1.18. The summed E-state index contributed by atoms with van der Waals surface area (Å²) in [6.07, 6.45) is 1.48. The number of carbonyl (C=O) groups excluding carboxylic acids is 2. The van der Waals surface area contributed by atoms with Crippen LogP contribution in [-0.4, -0.2) is 50.4 Å². The van der Waals surface area contributed by atoms with Crippen molar-refractivity contribution in [3.63, 3.8) is 0 Å². The quantitative estimate of drug-likeness (QED) is 0.625. The van der Waals surface area contributed by atoms with E-state index in [0.29, 0.717) is 25.8 Å². The number of hydrogen-bond acceptors (Lipinski definition) is 3. The van der Waals surface area contributed by atoms with Crippen LogP contribution in [0, 0.1) is 0 Å². The number of likely N-dealkylation sites (N-methyl/N-ethyl adjacent to an activating group) is 1. The Morgan fingerprint density at radius 3 is 2.29 bits per heavy atom. The molecule has 0 aromatic heterocycles. The lowest BCUT2D eigenvalue weighted by Crippen LogP contribution is -2.31. The molecule has 6 heteroatoms. The predicted molar refractivity (Wildman–Crippen MR) is 71.3 cm³/mol. The monoisotopic (exact) mass is 265 g/mol. The summed E-state index contributed by atoms with van der Waals surface area (Å²) >= 11 is 0. The molecule has 0 heterocycles. The summed E-state index contributed by atoms with van der Waals surface area (Å²) in [5.41, 5.74) is 0. The summed E-state index contributed by atoms with van der Waals surface area (Å²) in [5.74, 6) is 0.0879. The van der Waals surface area contributed by atoms with E-state index in [1.54, 1.807) is 19.0 Å². The van der Waals surface area contributed by atoms with Gasteiger partial charge in [0.25, 0.3) is 0 Å². The van der Waals surface area contributed by atoms with Gasteiger partial charge in [-0.3, -0.25) is 9.59 Å². The number of rotatable bonds is 8. The fraction of sp³-hybridized carbons (Fsp3) is 0.818. The Hall–Kier alpha value is -0.810. The third-order valence-electron chi connectivity index (χ3n) is 2.17. The van der Waals surface area contributed by atoms with E-state index in [1.165, 1.54) is 0 Å². The molecule has 102 valence electrons. The van der Waals surface area contributed by atoms with Gasteiger partial charge in [0.05, 0.1) is 0 Å². The van der Waals surface area contributed by atoms with Gasteiger partial charge in [-0.05, 0) is 13.0 Å². The largest absolute Gasteiger partial charge is 0.355 e. The lowest BCUT2D eigenvalue weighted by atomic mass is 10.2. The molecule has 0 bridgehead atoms. The van der Waals surface area contributed by atoms with Crippen LogP contribution in [0.1, 0.15) is 26.2 Å². The van der Waals surface area contributed by atoms with E-state index < -0.39 is 0 Å². The maximum absolute atomic E-state index is 11.3. The highest BCUT2D eigenvalue weighted by Crippen LogP contribution is 1.97. The summed E-state index contributed by atoms with van der Waals surface area (Å²) in [6.45, 7) is 4.37. The van der Waals surface area contributed by atoms with Crippen molar-refractivity contribution in [3.05, 3.63) is 0 Å². The zero-order valence-corrected chi connectivity index (χ0v) is 11.7. The zero-order valence-electron chi connectivity index (χ0n) is 10.9. The summed E-state index contributed by atoms with van der Waals surface area (Å²) in [6, 6.07) is 0. The number of hydrogen-bond donors (Lipinski definition) is 2. The highest BCUT2D eigenvalue weighted by Gasteiger charge is 2.05. The first kappa shape index (κ1) is 18.6. The minimum atomic E-state index is 0. The summed E-state index contributed by atoms with van der Waals surface area (Å²) in [7, 11) is 3.44. The first-order valence-electron chi connectivity index (χ1n) is 5.75. The molecule has 0 rings (SSSR count). The van der Waals surface area contributed by atoms with Crippen LogP contribution in [0.2, 0.25) is 0 Å². The smallest absolute Gasteiger partial charge is 0.222 e. The second kappa shape index (κ2) is 11.7.